The number of thioether (sulfide) groups is 1. The van der Waals surface area contributed by atoms with E-state index in [1.165, 1.54) is 26.0 Å². The van der Waals surface area contributed by atoms with Gasteiger partial charge in [0.1, 0.15) is 29.2 Å². The molecule has 0 fully saturated rings. The molecule has 2 rings (SSSR count). The molecule has 0 saturated carbocycles. The van der Waals surface area contributed by atoms with E-state index in [2.05, 4.69) is 10.6 Å². The maximum atomic E-state index is 12.7. The number of nitrogens with one attached hydrogen (secondary N) is 2. The first-order chi connectivity index (χ1) is 16.2. The van der Waals surface area contributed by atoms with Crippen molar-refractivity contribution < 1.29 is 33.4 Å². The highest BCUT2D eigenvalue weighted by atomic mass is 32.2. The fourth-order valence-electron chi connectivity index (χ4n) is 3.49. The Balaban J connectivity index is 2.24. The number of rotatable bonds is 12. The van der Waals surface area contributed by atoms with Gasteiger partial charge in [-0.25, -0.2) is 9.59 Å². The van der Waals surface area contributed by atoms with Gasteiger partial charge in [0.05, 0.1) is 31.6 Å². The molecule has 0 radical (unpaired) electrons. The molecule has 10 nitrogen and oxygen atoms in total. The Bertz CT molecular complexity index is 1110. The molecule has 2 atom stereocenters. The normalized spacial score (nSPS) is 12.6. The van der Waals surface area contributed by atoms with Crippen LogP contribution in [0.2, 0.25) is 0 Å². The second-order valence-electron chi connectivity index (χ2n) is 7.58. The highest BCUT2D eigenvalue weighted by Crippen LogP contribution is 2.33. The van der Waals surface area contributed by atoms with Gasteiger partial charge in [-0.3, -0.25) is 9.59 Å². The Morgan fingerprint density at radius 2 is 1.85 bits per heavy atom. The van der Waals surface area contributed by atoms with Gasteiger partial charge in [0.2, 0.25) is 11.8 Å². The van der Waals surface area contributed by atoms with Crippen LogP contribution < -0.4 is 25.7 Å². The zero-order valence-corrected chi connectivity index (χ0v) is 20.7. The molecule has 2 unspecified atom stereocenters. The number of aliphatic carboxylic acids is 1. The lowest BCUT2D eigenvalue weighted by atomic mass is 10.0. The molecular weight excluding hydrogens is 464 g/mol. The minimum absolute atomic E-state index is 0.132. The number of carboxylic acids is 1. The van der Waals surface area contributed by atoms with Crippen LogP contribution in [0.3, 0.4) is 0 Å². The van der Waals surface area contributed by atoms with Gasteiger partial charge in [-0.2, -0.15) is 11.8 Å². The molecule has 0 saturated heterocycles. The summed E-state index contributed by atoms with van der Waals surface area (Å²) in [5.41, 5.74) is 0.225. The standard InChI is InChI=1S/C23H30N2O8S/c1-6-15(21(27)25-16(22(28)29)7-8-34-5)24-19(26)11-14-12(2)20-17(32-4)9-13(31-3)10-18(20)33-23(14)30/h9-10,15-16H,6-8,11H2,1-5H3,(H,24,26)(H,25,27)(H,28,29). The predicted octanol–water partition coefficient (Wildman–Crippen LogP) is 1.88. The van der Waals surface area contributed by atoms with Crippen molar-refractivity contribution in [2.75, 3.05) is 26.2 Å². The summed E-state index contributed by atoms with van der Waals surface area (Å²) in [5.74, 6) is -0.870. The number of fused-ring (bicyclic) bond motifs is 1. The summed E-state index contributed by atoms with van der Waals surface area (Å²) in [5, 5.41) is 14.9. The Labute approximate surface area is 201 Å². The first-order valence-corrected chi connectivity index (χ1v) is 12.1. The highest BCUT2D eigenvalue weighted by molar-refractivity contribution is 7.98. The monoisotopic (exact) mass is 494 g/mol. The molecule has 186 valence electrons. The van der Waals surface area contributed by atoms with Gasteiger partial charge in [0, 0.05) is 12.1 Å². The van der Waals surface area contributed by atoms with E-state index in [-0.39, 0.29) is 30.4 Å². The van der Waals surface area contributed by atoms with Crippen LogP contribution in [0.1, 0.15) is 30.9 Å². The molecule has 11 heteroatoms. The second kappa shape index (κ2) is 12.3. The van der Waals surface area contributed by atoms with Gasteiger partial charge in [-0.15, -0.1) is 0 Å². The van der Waals surface area contributed by atoms with Crippen molar-refractivity contribution in [3.8, 4) is 11.5 Å². The number of ether oxygens (including phenoxy) is 2. The Morgan fingerprint density at radius 3 is 2.41 bits per heavy atom. The molecule has 1 heterocycles. The fraction of sp³-hybridized carbons (Fsp3) is 0.478. The van der Waals surface area contributed by atoms with Crippen LogP contribution in [0.4, 0.5) is 0 Å². The summed E-state index contributed by atoms with van der Waals surface area (Å²) < 4.78 is 16.0. The Kier molecular flexibility index (Phi) is 9.79. The number of hydrogen-bond donors (Lipinski definition) is 3. The van der Waals surface area contributed by atoms with Gasteiger partial charge in [-0.05, 0) is 37.3 Å². The molecule has 3 N–H and O–H groups in total. The topological polar surface area (TPSA) is 144 Å². The maximum absolute atomic E-state index is 12.7. The summed E-state index contributed by atoms with van der Waals surface area (Å²) in [7, 11) is 2.95. The van der Waals surface area contributed by atoms with Crippen LogP contribution in [0.15, 0.2) is 21.3 Å². The van der Waals surface area contributed by atoms with E-state index in [0.717, 1.165) is 0 Å². The largest absolute Gasteiger partial charge is 0.496 e. The zero-order chi connectivity index (χ0) is 25.4. The average molecular weight is 495 g/mol. The molecule has 0 bridgehead atoms. The minimum atomic E-state index is -1.14. The average Bonchev–Trinajstić information content (AvgIpc) is 2.81. The first kappa shape index (κ1) is 27.0. The predicted molar refractivity (Wildman–Crippen MR) is 129 cm³/mol. The number of carbonyl (C=O) groups is 3. The van der Waals surface area contributed by atoms with Gasteiger partial charge in [-0.1, -0.05) is 6.92 Å². The van der Waals surface area contributed by atoms with E-state index in [0.29, 0.717) is 28.2 Å². The Hall–Kier alpha value is -3.21. The third kappa shape index (κ3) is 6.43. The molecule has 2 aromatic rings. The summed E-state index contributed by atoms with van der Waals surface area (Å²) >= 11 is 1.47. The minimum Gasteiger partial charge on any atom is -0.496 e. The third-order valence-corrected chi connectivity index (χ3v) is 6.04. The van der Waals surface area contributed by atoms with Gasteiger partial charge >= 0.3 is 11.6 Å². The summed E-state index contributed by atoms with van der Waals surface area (Å²) in [6.45, 7) is 3.38. The summed E-state index contributed by atoms with van der Waals surface area (Å²) in [6, 6.07) is 1.20. The van der Waals surface area contributed by atoms with Crippen molar-refractivity contribution >= 4 is 40.5 Å². The van der Waals surface area contributed by atoms with Gasteiger partial charge < -0.3 is 29.6 Å². The molecule has 1 aromatic heterocycles. The van der Waals surface area contributed by atoms with Crippen molar-refractivity contribution in [1.82, 2.24) is 10.6 Å². The number of benzene rings is 1. The van der Waals surface area contributed by atoms with E-state index in [4.69, 9.17) is 13.9 Å². The molecule has 0 aliphatic heterocycles. The quantitative estimate of drug-likeness (QED) is 0.377. The van der Waals surface area contributed by atoms with Crippen molar-refractivity contribution in [3.63, 3.8) is 0 Å². The molecule has 0 aliphatic carbocycles. The molecule has 2 amide bonds. The van der Waals surface area contributed by atoms with Crippen LogP contribution in [-0.4, -0.2) is 61.2 Å². The van der Waals surface area contributed by atoms with E-state index in [1.807, 2.05) is 6.26 Å². The molecule has 0 aliphatic rings. The van der Waals surface area contributed by atoms with Crippen molar-refractivity contribution in [2.45, 2.75) is 45.2 Å². The van der Waals surface area contributed by atoms with E-state index in [1.54, 1.807) is 26.0 Å². The number of amides is 2. The first-order valence-electron chi connectivity index (χ1n) is 10.7. The van der Waals surface area contributed by atoms with Gasteiger partial charge in [0.15, 0.2) is 0 Å². The number of hydrogen-bond acceptors (Lipinski definition) is 8. The number of aryl methyl sites for hydroxylation is 1. The van der Waals surface area contributed by atoms with E-state index < -0.39 is 35.5 Å². The molecular formula is C23H30N2O8S. The van der Waals surface area contributed by atoms with Crippen LogP contribution in [-0.2, 0) is 20.8 Å². The number of methoxy groups -OCH3 is 2. The number of carbonyl (C=O) groups excluding carboxylic acids is 2. The summed E-state index contributed by atoms with van der Waals surface area (Å²) in [6.07, 6.45) is 2.02. The van der Waals surface area contributed by atoms with Crippen LogP contribution in [0, 0.1) is 6.92 Å². The van der Waals surface area contributed by atoms with Crippen LogP contribution in [0.25, 0.3) is 11.0 Å². The van der Waals surface area contributed by atoms with E-state index in [9.17, 15) is 24.3 Å². The SMILES string of the molecule is CCC(NC(=O)Cc1c(C)c2c(OC)cc(OC)cc2oc1=O)C(=O)NC(CCSC)C(=O)O. The number of carboxylic acid groups (broad SMARTS) is 1. The van der Waals surface area contributed by atoms with Crippen LogP contribution in [0.5, 0.6) is 11.5 Å². The lowest BCUT2D eigenvalue weighted by Gasteiger charge is -2.20. The zero-order valence-electron chi connectivity index (χ0n) is 19.9. The summed E-state index contributed by atoms with van der Waals surface area (Å²) in [4.78, 5) is 49.4. The smallest absolute Gasteiger partial charge is 0.340 e. The third-order valence-electron chi connectivity index (χ3n) is 5.39. The van der Waals surface area contributed by atoms with E-state index >= 15 is 0 Å². The Morgan fingerprint density at radius 1 is 1.15 bits per heavy atom. The van der Waals surface area contributed by atoms with Crippen molar-refractivity contribution in [3.05, 3.63) is 33.7 Å². The molecule has 1 aromatic carbocycles. The molecule has 34 heavy (non-hydrogen) atoms. The molecule has 0 spiro atoms. The highest BCUT2D eigenvalue weighted by Gasteiger charge is 2.26. The van der Waals surface area contributed by atoms with Crippen molar-refractivity contribution in [1.29, 1.82) is 0 Å². The lowest BCUT2D eigenvalue weighted by molar-refractivity contribution is -0.142. The second-order valence-corrected chi connectivity index (χ2v) is 8.57. The van der Waals surface area contributed by atoms with Gasteiger partial charge in [0.25, 0.3) is 0 Å². The maximum Gasteiger partial charge on any atom is 0.340 e. The van der Waals surface area contributed by atoms with Crippen LogP contribution >= 0.6 is 11.8 Å². The van der Waals surface area contributed by atoms with Crippen molar-refractivity contribution in [2.24, 2.45) is 0 Å². The fourth-order valence-corrected chi connectivity index (χ4v) is 3.96. The lowest BCUT2D eigenvalue weighted by Crippen LogP contribution is -2.51.